The summed E-state index contributed by atoms with van der Waals surface area (Å²) in [5.74, 6) is 1.85. The lowest BCUT2D eigenvalue weighted by molar-refractivity contribution is 0.0560. The van der Waals surface area contributed by atoms with E-state index >= 15 is 0 Å². The van der Waals surface area contributed by atoms with Gasteiger partial charge in [0.1, 0.15) is 5.76 Å². The smallest absolute Gasteiger partial charge is 0.289 e. The fourth-order valence-electron chi connectivity index (χ4n) is 4.96. The Labute approximate surface area is 158 Å². The first kappa shape index (κ1) is 16.8. The first-order chi connectivity index (χ1) is 13.2. The third-order valence-electron chi connectivity index (χ3n) is 6.22. The second kappa shape index (κ2) is 6.68. The first-order valence-electron chi connectivity index (χ1n) is 9.97. The Morgan fingerprint density at radius 3 is 2.78 bits per heavy atom. The van der Waals surface area contributed by atoms with Crippen LogP contribution >= 0.6 is 0 Å². The van der Waals surface area contributed by atoms with E-state index in [0.717, 1.165) is 37.5 Å². The van der Waals surface area contributed by atoms with Crippen molar-refractivity contribution in [2.45, 2.75) is 38.3 Å². The Morgan fingerprint density at radius 1 is 1.07 bits per heavy atom. The normalized spacial score (nSPS) is 24.8. The molecule has 0 aromatic carbocycles. The number of rotatable bonds is 3. The molecule has 1 amide bonds. The topological polar surface area (TPSA) is 58.7 Å². The van der Waals surface area contributed by atoms with Crippen molar-refractivity contribution in [1.82, 2.24) is 14.4 Å². The molecule has 142 valence electrons. The number of fused-ring (bicyclic) bond motifs is 4. The van der Waals surface area contributed by atoms with E-state index in [4.69, 9.17) is 4.42 Å². The van der Waals surface area contributed by atoms with Crippen molar-refractivity contribution < 1.29 is 9.21 Å². The van der Waals surface area contributed by atoms with E-state index in [1.807, 2.05) is 33.7 Å². The molecule has 0 N–H and O–H groups in total. The molecule has 27 heavy (non-hydrogen) atoms. The van der Waals surface area contributed by atoms with Crippen molar-refractivity contribution in [1.29, 1.82) is 0 Å². The highest BCUT2D eigenvalue weighted by Crippen LogP contribution is 2.35. The largest absolute Gasteiger partial charge is 0.455 e. The standard InChI is InChI=1S/C21H25N3O3/c25-20-5-3-4-18-16-10-15(12-24(18)20)11-23(13-16)21(26)19-7-6-17(27-19)14-22-8-1-2-9-22/h3-7,15-16H,1-2,8-14H2/t15-,16+/m0/s1. The van der Waals surface area contributed by atoms with Crippen molar-refractivity contribution in [2.75, 3.05) is 26.2 Å². The predicted molar refractivity (Wildman–Crippen MR) is 101 cm³/mol. The van der Waals surface area contributed by atoms with Crippen LogP contribution in [-0.4, -0.2) is 46.5 Å². The minimum Gasteiger partial charge on any atom is -0.455 e. The van der Waals surface area contributed by atoms with E-state index in [1.165, 1.54) is 12.8 Å². The average molecular weight is 367 g/mol. The van der Waals surface area contributed by atoms with Gasteiger partial charge in [0, 0.05) is 37.3 Å². The number of pyridine rings is 1. The van der Waals surface area contributed by atoms with Gasteiger partial charge >= 0.3 is 0 Å². The molecule has 6 nitrogen and oxygen atoms in total. The SMILES string of the molecule is O=C(c1ccc(CN2CCCC2)o1)N1C[C@@H]2C[C@H](C1)c1cccc(=O)n1C2. The zero-order valence-electron chi connectivity index (χ0n) is 15.5. The summed E-state index contributed by atoms with van der Waals surface area (Å²) in [6.45, 7) is 5.05. The van der Waals surface area contributed by atoms with Crippen LogP contribution in [0.3, 0.4) is 0 Å². The van der Waals surface area contributed by atoms with Crippen LogP contribution in [0.1, 0.15) is 47.2 Å². The van der Waals surface area contributed by atoms with E-state index in [-0.39, 0.29) is 17.4 Å². The van der Waals surface area contributed by atoms with Crippen LogP contribution in [0.2, 0.25) is 0 Å². The average Bonchev–Trinajstić information content (AvgIpc) is 3.34. The van der Waals surface area contributed by atoms with E-state index in [0.29, 0.717) is 31.3 Å². The molecule has 3 aliphatic rings. The van der Waals surface area contributed by atoms with Gasteiger partial charge in [-0.3, -0.25) is 14.5 Å². The van der Waals surface area contributed by atoms with Crippen LogP contribution in [0.25, 0.3) is 0 Å². The number of piperidine rings is 1. The minimum absolute atomic E-state index is 0.0240. The van der Waals surface area contributed by atoms with Crippen molar-refractivity contribution in [3.05, 3.63) is 57.9 Å². The molecule has 0 saturated carbocycles. The number of hydrogen-bond donors (Lipinski definition) is 0. The second-order valence-electron chi connectivity index (χ2n) is 8.16. The second-order valence-corrected chi connectivity index (χ2v) is 8.16. The van der Waals surface area contributed by atoms with Crippen LogP contribution in [0, 0.1) is 5.92 Å². The number of likely N-dealkylation sites (tertiary alicyclic amines) is 2. The maximum absolute atomic E-state index is 13.0. The fraction of sp³-hybridized carbons (Fsp3) is 0.524. The molecule has 6 heteroatoms. The van der Waals surface area contributed by atoms with Gasteiger partial charge < -0.3 is 13.9 Å². The van der Waals surface area contributed by atoms with Crippen LogP contribution < -0.4 is 5.56 Å². The van der Waals surface area contributed by atoms with E-state index < -0.39 is 0 Å². The molecule has 2 fully saturated rings. The highest BCUT2D eigenvalue weighted by atomic mass is 16.4. The highest BCUT2D eigenvalue weighted by molar-refractivity contribution is 5.91. The number of hydrogen-bond acceptors (Lipinski definition) is 4. The Hall–Kier alpha value is -2.34. The quantitative estimate of drug-likeness (QED) is 0.835. The molecule has 5 heterocycles. The lowest BCUT2D eigenvalue weighted by Crippen LogP contribution is -2.49. The van der Waals surface area contributed by atoms with Crippen molar-refractivity contribution in [3.8, 4) is 0 Å². The molecule has 5 rings (SSSR count). The zero-order valence-corrected chi connectivity index (χ0v) is 15.5. The van der Waals surface area contributed by atoms with Gasteiger partial charge in [-0.15, -0.1) is 0 Å². The molecule has 2 atom stereocenters. The van der Waals surface area contributed by atoms with Gasteiger partial charge in [-0.05, 0) is 56.5 Å². The number of nitrogens with zero attached hydrogens (tertiary/aromatic N) is 3. The Kier molecular flexibility index (Phi) is 4.16. The Balaban J connectivity index is 1.32. The van der Waals surface area contributed by atoms with Crippen molar-refractivity contribution >= 4 is 5.91 Å². The molecule has 2 saturated heterocycles. The third-order valence-corrected chi connectivity index (χ3v) is 6.22. The van der Waals surface area contributed by atoms with Crippen molar-refractivity contribution in [3.63, 3.8) is 0 Å². The summed E-state index contributed by atoms with van der Waals surface area (Å²) < 4.78 is 7.77. The summed E-state index contributed by atoms with van der Waals surface area (Å²) in [7, 11) is 0. The molecular weight excluding hydrogens is 342 g/mol. The summed E-state index contributed by atoms with van der Waals surface area (Å²) >= 11 is 0. The molecule has 0 aliphatic carbocycles. The van der Waals surface area contributed by atoms with Gasteiger partial charge in [-0.2, -0.15) is 0 Å². The molecule has 0 spiro atoms. The maximum Gasteiger partial charge on any atom is 0.289 e. The molecule has 0 radical (unpaired) electrons. The molecular formula is C21H25N3O3. The van der Waals surface area contributed by atoms with Crippen LogP contribution in [0.5, 0.6) is 0 Å². The number of carbonyl (C=O) groups is 1. The van der Waals surface area contributed by atoms with E-state index in [9.17, 15) is 9.59 Å². The van der Waals surface area contributed by atoms with Gasteiger partial charge in [0.2, 0.25) is 0 Å². The van der Waals surface area contributed by atoms with Crippen LogP contribution in [0.15, 0.2) is 39.5 Å². The maximum atomic E-state index is 13.0. The lowest BCUT2D eigenvalue weighted by Gasteiger charge is -2.42. The van der Waals surface area contributed by atoms with Crippen LogP contribution in [0.4, 0.5) is 0 Å². The Bertz CT molecular complexity index is 909. The first-order valence-corrected chi connectivity index (χ1v) is 9.97. The molecule has 2 bridgehead atoms. The lowest BCUT2D eigenvalue weighted by atomic mass is 9.83. The van der Waals surface area contributed by atoms with Crippen molar-refractivity contribution in [2.24, 2.45) is 5.92 Å². The summed E-state index contributed by atoms with van der Waals surface area (Å²) in [6, 6.07) is 9.23. The van der Waals surface area contributed by atoms with Gasteiger partial charge in [0.15, 0.2) is 5.76 Å². The fourth-order valence-corrected chi connectivity index (χ4v) is 4.96. The number of carbonyl (C=O) groups excluding carboxylic acids is 1. The summed E-state index contributed by atoms with van der Waals surface area (Å²) in [4.78, 5) is 29.4. The zero-order chi connectivity index (χ0) is 18.4. The van der Waals surface area contributed by atoms with E-state index in [1.54, 1.807) is 6.07 Å². The molecule has 2 aromatic rings. The predicted octanol–water partition coefficient (Wildman–Crippen LogP) is 2.30. The third kappa shape index (κ3) is 3.12. The van der Waals surface area contributed by atoms with Gasteiger partial charge in [0.05, 0.1) is 6.54 Å². The van der Waals surface area contributed by atoms with Gasteiger partial charge in [-0.1, -0.05) is 6.07 Å². The number of furan rings is 1. The monoisotopic (exact) mass is 367 g/mol. The van der Waals surface area contributed by atoms with Crippen LogP contribution in [-0.2, 0) is 13.1 Å². The van der Waals surface area contributed by atoms with Gasteiger partial charge in [-0.25, -0.2) is 0 Å². The summed E-state index contributed by atoms with van der Waals surface area (Å²) in [5.41, 5.74) is 1.13. The van der Waals surface area contributed by atoms with E-state index in [2.05, 4.69) is 4.90 Å². The Morgan fingerprint density at radius 2 is 1.93 bits per heavy atom. The molecule has 0 unspecified atom stereocenters. The number of aromatic nitrogens is 1. The number of amides is 1. The van der Waals surface area contributed by atoms with Gasteiger partial charge in [0.25, 0.3) is 11.5 Å². The highest BCUT2D eigenvalue weighted by Gasteiger charge is 2.37. The summed E-state index contributed by atoms with van der Waals surface area (Å²) in [5, 5.41) is 0. The molecule has 2 aromatic heterocycles. The summed E-state index contributed by atoms with van der Waals surface area (Å²) in [6.07, 6.45) is 3.53. The molecule has 3 aliphatic heterocycles. The minimum atomic E-state index is -0.0240.